The van der Waals surface area contributed by atoms with Crippen LogP contribution in [0.3, 0.4) is 0 Å². The molecule has 1 fully saturated rings. The van der Waals surface area contributed by atoms with Crippen LogP contribution in [0.4, 0.5) is 6.01 Å². The molecule has 0 bridgehead atoms. The Kier molecular flexibility index (Phi) is 3.33. The number of hydrogen-bond acceptors (Lipinski definition) is 6. The van der Waals surface area contributed by atoms with Gasteiger partial charge in [0, 0.05) is 5.92 Å². The summed E-state index contributed by atoms with van der Waals surface area (Å²) in [6.45, 7) is -0.323. The van der Waals surface area contributed by atoms with Crippen LogP contribution in [-0.2, 0) is 9.59 Å². The molecule has 2 rings (SSSR count). The third-order valence-electron chi connectivity index (χ3n) is 2.25. The fourth-order valence-electron chi connectivity index (χ4n) is 1.19. The van der Waals surface area contributed by atoms with Crippen LogP contribution in [0.25, 0.3) is 0 Å². The van der Waals surface area contributed by atoms with Gasteiger partial charge >= 0.3 is 6.01 Å². The van der Waals surface area contributed by atoms with E-state index in [1.165, 1.54) is 0 Å². The van der Waals surface area contributed by atoms with Crippen LogP contribution < -0.4 is 16.4 Å². The average Bonchev–Trinajstić information content (AvgIpc) is 3.08. The molecule has 92 valence electrons. The van der Waals surface area contributed by atoms with Crippen LogP contribution in [0.1, 0.15) is 24.7 Å². The number of anilines is 1. The molecule has 2 amide bonds. The molecule has 1 aromatic heterocycles. The number of nitrogens with two attached hydrogens (primary N) is 1. The Morgan fingerprint density at radius 2 is 2.12 bits per heavy atom. The minimum Gasteiger partial charge on any atom is -0.408 e. The minimum atomic E-state index is -0.433. The molecule has 0 aromatic carbocycles. The summed E-state index contributed by atoms with van der Waals surface area (Å²) in [6, 6.07) is 0.0545. The summed E-state index contributed by atoms with van der Waals surface area (Å²) >= 11 is 0. The lowest BCUT2D eigenvalue weighted by molar-refractivity contribution is -0.123. The number of carbonyl (C=O) groups is 2. The standard InChI is InChI=1S/C9H13N5O3/c10-3-6(15)11-4-7(16)12-9-14-13-8(17-9)5-1-2-5/h5H,1-4,10H2,(H,11,15)(H,12,14,16). The zero-order chi connectivity index (χ0) is 12.3. The lowest BCUT2D eigenvalue weighted by Gasteiger charge is -2.01. The molecule has 0 aliphatic heterocycles. The number of nitrogens with zero attached hydrogens (tertiary/aromatic N) is 2. The third-order valence-corrected chi connectivity index (χ3v) is 2.25. The molecule has 1 aliphatic rings. The van der Waals surface area contributed by atoms with E-state index in [9.17, 15) is 9.59 Å². The molecule has 4 N–H and O–H groups in total. The van der Waals surface area contributed by atoms with Gasteiger partial charge in [-0.25, -0.2) is 0 Å². The zero-order valence-electron chi connectivity index (χ0n) is 9.10. The molecule has 0 radical (unpaired) electrons. The molecule has 0 saturated heterocycles. The van der Waals surface area contributed by atoms with E-state index in [0.717, 1.165) is 12.8 Å². The molecular weight excluding hydrogens is 226 g/mol. The monoisotopic (exact) mass is 239 g/mol. The zero-order valence-corrected chi connectivity index (χ0v) is 9.10. The van der Waals surface area contributed by atoms with E-state index in [0.29, 0.717) is 11.8 Å². The minimum absolute atomic E-state index is 0.0545. The van der Waals surface area contributed by atoms with E-state index < -0.39 is 11.8 Å². The van der Waals surface area contributed by atoms with Gasteiger partial charge in [0.1, 0.15) is 0 Å². The Balaban J connectivity index is 1.78. The number of hydrogen-bond donors (Lipinski definition) is 3. The first-order valence-electron chi connectivity index (χ1n) is 5.29. The molecular formula is C9H13N5O3. The molecule has 1 heterocycles. The summed E-state index contributed by atoms with van der Waals surface area (Å²) < 4.78 is 5.22. The maximum absolute atomic E-state index is 11.3. The lowest BCUT2D eigenvalue weighted by Crippen LogP contribution is -2.36. The fourth-order valence-corrected chi connectivity index (χ4v) is 1.19. The van der Waals surface area contributed by atoms with Gasteiger partial charge < -0.3 is 15.5 Å². The summed E-state index contributed by atoms with van der Waals surface area (Å²) in [4.78, 5) is 22.1. The normalized spacial score (nSPS) is 14.4. The third kappa shape index (κ3) is 3.25. The molecule has 1 saturated carbocycles. The molecule has 8 heteroatoms. The average molecular weight is 239 g/mol. The van der Waals surface area contributed by atoms with Gasteiger partial charge in [0.2, 0.25) is 17.7 Å². The van der Waals surface area contributed by atoms with Crippen molar-refractivity contribution in [3.05, 3.63) is 5.89 Å². The van der Waals surface area contributed by atoms with Crippen molar-refractivity contribution in [3.8, 4) is 0 Å². The van der Waals surface area contributed by atoms with Crippen molar-refractivity contribution in [3.63, 3.8) is 0 Å². The van der Waals surface area contributed by atoms with Crippen LogP contribution >= 0.6 is 0 Å². The first-order valence-corrected chi connectivity index (χ1v) is 5.29. The van der Waals surface area contributed by atoms with Crippen LogP contribution in [-0.4, -0.2) is 35.1 Å². The highest BCUT2D eigenvalue weighted by Gasteiger charge is 2.29. The first-order chi connectivity index (χ1) is 8.19. The molecule has 1 aromatic rings. The Morgan fingerprint density at radius 3 is 2.76 bits per heavy atom. The highest BCUT2D eigenvalue weighted by atomic mass is 16.4. The van der Waals surface area contributed by atoms with Gasteiger partial charge in [-0.1, -0.05) is 5.10 Å². The van der Waals surface area contributed by atoms with Crippen molar-refractivity contribution in [2.45, 2.75) is 18.8 Å². The molecule has 0 spiro atoms. The molecule has 8 nitrogen and oxygen atoms in total. The van der Waals surface area contributed by atoms with Crippen LogP contribution in [0, 0.1) is 0 Å². The molecule has 0 atom stereocenters. The Hall–Kier alpha value is -1.96. The smallest absolute Gasteiger partial charge is 0.322 e. The predicted molar refractivity (Wildman–Crippen MR) is 57.0 cm³/mol. The molecule has 1 aliphatic carbocycles. The SMILES string of the molecule is NCC(=O)NCC(=O)Nc1nnc(C2CC2)o1. The number of nitrogens with one attached hydrogen (secondary N) is 2. The van der Waals surface area contributed by atoms with Gasteiger partial charge in [0.05, 0.1) is 13.1 Å². The van der Waals surface area contributed by atoms with Gasteiger partial charge in [0.25, 0.3) is 0 Å². The van der Waals surface area contributed by atoms with E-state index in [-0.39, 0.29) is 19.1 Å². The van der Waals surface area contributed by atoms with Gasteiger partial charge in [-0.05, 0) is 12.8 Å². The summed E-state index contributed by atoms with van der Waals surface area (Å²) in [5, 5.41) is 12.2. The predicted octanol–water partition coefficient (Wildman–Crippen LogP) is -1.04. The van der Waals surface area contributed by atoms with E-state index in [2.05, 4.69) is 20.8 Å². The van der Waals surface area contributed by atoms with Crippen LogP contribution in [0.5, 0.6) is 0 Å². The number of carbonyl (C=O) groups excluding carboxylic acids is 2. The lowest BCUT2D eigenvalue weighted by atomic mass is 10.4. The van der Waals surface area contributed by atoms with Crippen molar-refractivity contribution in [2.75, 3.05) is 18.4 Å². The second-order valence-corrected chi connectivity index (χ2v) is 3.75. The van der Waals surface area contributed by atoms with Gasteiger partial charge in [-0.15, -0.1) is 5.10 Å². The van der Waals surface area contributed by atoms with E-state index in [1.54, 1.807) is 0 Å². The highest BCUT2D eigenvalue weighted by molar-refractivity contribution is 5.93. The largest absolute Gasteiger partial charge is 0.408 e. The second-order valence-electron chi connectivity index (χ2n) is 3.75. The quantitative estimate of drug-likeness (QED) is 0.603. The van der Waals surface area contributed by atoms with Crippen molar-refractivity contribution in [1.29, 1.82) is 0 Å². The Morgan fingerprint density at radius 1 is 1.35 bits per heavy atom. The van der Waals surface area contributed by atoms with Crippen molar-refractivity contribution in [2.24, 2.45) is 5.73 Å². The summed E-state index contributed by atoms with van der Waals surface area (Å²) in [5.74, 6) is 0.0542. The summed E-state index contributed by atoms with van der Waals surface area (Å²) in [6.07, 6.45) is 2.09. The van der Waals surface area contributed by atoms with E-state index in [1.807, 2.05) is 0 Å². The summed E-state index contributed by atoms with van der Waals surface area (Å²) in [7, 11) is 0. The Labute approximate surface area is 96.9 Å². The van der Waals surface area contributed by atoms with E-state index in [4.69, 9.17) is 10.2 Å². The number of aromatic nitrogens is 2. The Bertz CT molecular complexity index is 426. The molecule has 17 heavy (non-hydrogen) atoms. The maximum atomic E-state index is 11.3. The topological polar surface area (TPSA) is 123 Å². The van der Waals surface area contributed by atoms with Crippen molar-refractivity contribution >= 4 is 17.8 Å². The van der Waals surface area contributed by atoms with Gasteiger partial charge in [-0.3, -0.25) is 14.9 Å². The highest BCUT2D eigenvalue weighted by Crippen LogP contribution is 2.39. The van der Waals surface area contributed by atoms with Crippen LogP contribution in [0.15, 0.2) is 4.42 Å². The fraction of sp³-hybridized carbons (Fsp3) is 0.556. The van der Waals surface area contributed by atoms with Crippen LogP contribution in [0.2, 0.25) is 0 Å². The van der Waals surface area contributed by atoms with Crippen molar-refractivity contribution < 1.29 is 14.0 Å². The van der Waals surface area contributed by atoms with Gasteiger partial charge in [0.15, 0.2) is 0 Å². The first kappa shape index (κ1) is 11.5. The second kappa shape index (κ2) is 4.91. The number of amides is 2. The van der Waals surface area contributed by atoms with E-state index >= 15 is 0 Å². The number of rotatable bonds is 5. The molecule has 0 unspecified atom stereocenters. The summed E-state index contributed by atoms with van der Waals surface area (Å²) in [5.41, 5.74) is 5.07. The van der Waals surface area contributed by atoms with Gasteiger partial charge in [-0.2, -0.15) is 0 Å². The maximum Gasteiger partial charge on any atom is 0.322 e. The van der Waals surface area contributed by atoms with Crippen molar-refractivity contribution in [1.82, 2.24) is 15.5 Å².